The molecule has 1 saturated heterocycles. The van der Waals surface area contributed by atoms with Crippen molar-refractivity contribution in [3.8, 4) is 17.3 Å². The van der Waals surface area contributed by atoms with E-state index in [4.69, 9.17) is 5.26 Å². The topological polar surface area (TPSA) is 54.9 Å². The van der Waals surface area contributed by atoms with Crippen LogP contribution in [0.2, 0.25) is 0 Å². The van der Waals surface area contributed by atoms with Crippen molar-refractivity contribution >= 4 is 16.6 Å². The summed E-state index contributed by atoms with van der Waals surface area (Å²) >= 11 is 0. The number of hydrogen-bond acceptors (Lipinski definition) is 3. The van der Waals surface area contributed by atoms with E-state index < -0.39 is 0 Å². The van der Waals surface area contributed by atoms with Crippen molar-refractivity contribution in [2.45, 2.75) is 18.9 Å². The maximum atomic E-state index is 9.07. The molecular formula is C21H22N4. The lowest BCUT2D eigenvalue weighted by atomic mass is 10.0. The highest BCUT2D eigenvalue weighted by atomic mass is 15.1. The van der Waals surface area contributed by atoms with Gasteiger partial charge in [-0.15, -0.1) is 0 Å². The zero-order valence-electron chi connectivity index (χ0n) is 14.4. The van der Waals surface area contributed by atoms with Crippen molar-refractivity contribution in [1.82, 2.24) is 10.3 Å². The molecule has 0 atom stereocenters. The minimum absolute atomic E-state index is 0.641. The zero-order valence-corrected chi connectivity index (χ0v) is 14.4. The van der Waals surface area contributed by atoms with Gasteiger partial charge in [0.2, 0.25) is 0 Å². The molecule has 126 valence electrons. The molecule has 2 aromatic carbocycles. The van der Waals surface area contributed by atoms with Gasteiger partial charge < -0.3 is 15.2 Å². The second-order valence-corrected chi connectivity index (χ2v) is 6.70. The second kappa shape index (κ2) is 6.62. The summed E-state index contributed by atoms with van der Waals surface area (Å²) in [5.41, 5.74) is 5.32. The lowest BCUT2D eigenvalue weighted by Crippen LogP contribution is -2.41. The molecule has 0 radical (unpaired) electrons. The van der Waals surface area contributed by atoms with Crippen LogP contribution < -0.4 is 10.2 Å². The first kappa shape index (κ1) is 15.7. The molecule has 4 heteroatoms. The normalized spacial score (nSPS) is 15.4. The molecule has 4 rings (SSSR count). The molecule has 1 fully saturated rings. The van der Waals surface area contributed by atoms with Gasteiger partial charge in [-0.25, -0.2) is 0 Å². The molecule has 0 spiro atoms. The van der Waals surface area contributed by atoms with Crippen LogP contribution in [0, 0.1) is 11.3 Å². The summed E-state index contributed by atoms with van der Waals surface area (Å²) < 4.78 is 0. The van der Waals surface area contributed by atoms with Crippen molar-refractivity contribution < 1.29 is 0 Å². The van der Waals surface area contributed by atoms with Crippen molar-refractivity contribution in [2.24, 2.45) is 0 Å². The Kier molecular flexibility index (Phi) is 4.17. The summed E-state index contributed by atoms with van der Waals surface area (Å²) in [5, 5.41) is 13.5. The minimum atomic E-state index is 0.641. The molecule has 0 aliphatic carbocycles. The van der Waals surface area contributed by atoms with Gasteiger partial charge in [0.25, 0.3) is 0 Å². The molecule has 0 saturated carbocycles. The minimum Gasteiger partial charge on any atom is -0.371 e. The second-order valence-electron chi connectivity index (χ2n) is 6.70. The van der Waals surface area contributed by atoms with E-state index in [9.17, 15) is 0 Å². The summed E-state index contributed by atoms with van der Waals surface area (Å²) in [7, 11) is 2.05. The van der Waals surface area contributed by atoms with Gasteiger partial charge >= 0.3 is 0 Å². The number of H-pyrrole nitrogens is 1. The lowest BCUT2D eigenvalue weighted by molar-refractivity contribution is 0.442. The van der Waals surface area contributed by atoms with Gasteiger partial charge in [0, 0.05) is 41.4 Å². The SMILES string of the molecule is CNC1CCN(c2cccc(-c3cc4cc(C#N)ccc4[nH]3)c2)CC1. The summed E-state index contributed by atoms with van der Waals surface area (Å²) in [6, 6.07) is 19.5. The maximum Gasteiger partial charge on any atom is 0.0991 e. The van der Waals surface area contributed by atoms with Gasteiger partial charge in [-0.3, -0.25) is 0 Å². The number of fused-ring (bicyclic) bond motifs is 1. The highest BCUT2D eigenvalue weighted by Crippen LogP contribution is 2.29. The van der Waals surface area contributed by atoms with Gasteiger partial charge in [-0.1, -0.05) is 12.1 Å². The number of piperidine rings is 1. The Balaban J connectivity index is 1.62. The van der Waals surface area contributed by atoms with Gasteiger partial charge in [0.1, 0.15) is 0 Å². The predicted molar refractivity (Wildman–Crippen MR) is 103 cm³/mol. The summed E-state index contributed by atoms with van der Waals surface area (Å²) in [6.45, 7) is 2.18. The number of aromatic amines is 1. The molecule has 2 N–H and O–H groups in total. The fraction of sp³-hybridized carbons (Fsp3) is 0.286. The molecule has 3 aromatic rings. The zero-order chi connectivity index (χ0) is 17.2. The van der Waals surface area contributed by atoms with Crippen molar-refractivity contribution in [3.63, 3.8) is 0 Å². The lowest BCUT2D eigenvalue weighted by Gasteiger charge is -2.33. The Bertz CT molecular complexity index is 926. The van der Waals surface area contributed by atoms with E-state index in [1.54, 1.807) is 0 Å². The molecule has 1 aliphatic rings. The predicted octanol–water partition coefficient (Wildman–Crippen LogP) is 3.89. The van der Waals surface area contributed by atoms with Crippen LogP contribution in [-0.4, -0.2) is 31.2 Å². The van der Waals surface area contributed by atoms with Crippen molar-refractivity contribution in [3.05, 3.63) is 54.1 Å². The quantitative estimate of drug-likeness (QED) is 0.766. The summed E-state index contributed by atoms with van der Waals surface area (Å²) in [4.78, 5) is 5.94. The third-order valence-electron chi connectivity index (χ3n) is 5.18. The van der Waals surface area contributed by atoms with Crippen LogP contribution >= 0.6 is 0 Å². The molecule has 1 aliphatic heterocycles. The highest BCUT2D eigenvalue weighted by molar-refractivity contribution is 5.87. The number of aromatic nitrogens is 1. The summed E-state index contributed by atoms with van der Waals surface area (Å²) in [6.07, 6.45) is 2.37. The van der Waals surface area contributed by atoms with Crippen LogP contribution in [0.25, 0.3) is 22.2 Å². The number of benzene rings is 2. The number of nitriles is 1. The van der Waals surface area contributed by atoms with Gasteiger partial charge in [-0.2, -0.15) is 5.26 Å². The maximum absolute atomic E-state index is 9.07. The first-order valence-corrected chi connectivity index (χ1v) is 8.82. The van der Waals surface area contributed by atoms with E-state index in [1.807, 2.05) is 18.2 Å². The van der Waals surface area contributed by atoms with E-state index in [1.165, 1.54) is 24.1 Å². The largest absolute Gasteiger partial charge is 0.371 e. The Hall–Kier alpha value is -2.77. The van der Waals surface area contributed by atoms with Gasteiger partial charge in [-0.05, 0) is 61.9 Å². The molecule has 0 bridgehead atoms. The van der Waals surface area contributed by atoms with Crippen LogP contribution in [-0.2, 0) is 0 Å². The number of rotatable bonds is 3. The first-order chi connectivity index (χ1) is 12.3. The molecule has 25 heavy (non-hydrogen) atoms. The van der Waals surface area contributed by atoms with E-state index in [-0.39, 0.29) is 0 Å². The standard InChI is InChI=1S/C21H22N4/c1-23-18-7-9-25(10-8-18)19-4-2-3-16(12-19)21-13-17-11-15(14-22)5-6-20(17)24-21/h2-6,11-13,18,23-24H,7-10H2,1H3. The molecule has 0 unspecified atom stereocenters. The van der Waals surface area contributed by atoms with Crippen LogP contribution in [0.15, 0.2) is 48.5 Å². The van der Waals surface area contributed by atoms with Crippen molar-refractivity contribution in [1.29, 1.82) is 5.26 Å². The Morgan fingerprint density at radius 1 is 1.12 bits per heavy atom. The van der Waals surface area contributed by atoms with Crippen LogP contribution in [0.1, 0.15) is 18.4 Å². The molecule has 0 amide bonds. The number of anilines is 1. The Morgan fingerprint density at radius 3 is 2.72 bits per heavy atom. The van der Waals surface area contributed by atoms with Gasteiger partial charge in [0.05, 0.1) is 11.6 Å². The third kappa shape index (κ3) is 3.11. The van der Waals surface area contributed by atoms with Crippen LogP contribution in [0.5, 0.6) is 0 Å². The first-order valence-electron chi connectivity index (χ1n) is 8.82. The molecule has 4 nitrogen and oxygen atoms in total. The Labute approximate surface area is 148 Å². The Morgan fingerprint density at radius 2 is 1.96 bits per heavy atom. The molecule has 1 aromatic heterocycles. The van der Waals surface area contributed by atoms with E-state index >= 15 is 0 Å². The fourth-order valence-corrected chi connectivity index (χ4v) is 3.65. The van der Waals surface area contributed by atoms with Crippen molar-refractivity contribution in [2.75, 3.05) is 25.0 Å². The highest BCUT2D eigenvalue weighted by Gasteiger charge is 2.18. The third-order valence-corrected chi connectivity index (χ3v) is 5.18. The van der Waals surface area contributed by atoms with Gasteiger partial charge in [0.15, 0.2) is 0 Å². The van der Waals surface area contributed by atoms with Crippen LogP contribution in [0.4, 0.5) is 5.69 Å². The van der Waals surface area contributed by atoms with E-state index in [0.29, 0.717) is 11.6 Å². The number of hydrogen-bond donors (Lipinski definition) is 2. The average molecular weight is 330 g/mol. The summed E-state index contributed by atoms with van der Waals surface area (Å²) in [5.74, 6) is 0. The van der Waals surface area contributed by atoms with E-state index in [0.717, 1.165) is 29.7 Å². The molecular weight excluding hydrogens is 308 g/mol. The smallest absolute Gasteiger partial charge is 0.0991 e. The molecule has 2 heterocycles. The average Bonchev–Trinajstić information content (AvgIpc) is 3.11. The van der Waals surface area contributed by atoms with E-state index in [2.05, 4.69) is 58.6 Å². The number of nitrogens with zero attached hydrogens (tertiary/aromatic N) is 2. The fourth-order valence-electron chi connectivity index (χ4n) is 3.65. The van der Waals surface area contributed by atoms with Crippen LogP contribution in [0.3, 0.4) is 0 Å². The monoisotopic (exact) mass is 330 g/mol. The number of nitrogens with one attached hydrogen (secondary N) is 2.